The summed E-state index contributed by atoms with van der Waals surface area (Å²) in [6.45, 7) is 2.31. The number of imidazole rings is 1. The minimum absolute atomic E-state index is 0.726. The normalized spacial score (nSPS) is 10.8. The average molecular weight is 386 g/mol. The van der Waals surface area contributed by atoms with Crippen molar-refractivity contribution in [3.63, 3.8) is 0 Å². The fourth-order valence-electron chi connectivity index (χ4n) is 2.55. The maximum absolute atomic E-state index is 5.32. The number of halogens is 1. The molecule has 0 fully saturated rings. The van der Waals surface area contributed by atoms with Gasteiger partial charge in [0, 0.05) is 23.4 Å². The lowest BCUT2D eigenvalue weighted by Crippen LogP contribution is -2.17. The Bertz CT molecular complexity index is 786. The first-order chi connectivity index (χ1) is 11.8. The molecule has 3 rings (SSSR count). The summed E-state index contributed by atoms with van der Waals surface area (Å²) in [7, 11) is 1.68. The molecule has 0 radical (unpaired) electrons. The minimum atomic E-state index is 0.726. The number of methoxy groups -OCH3 is 1. The molecular weight excluding hydrogens is 366 g/mol. The molecule has 0 aliphatic rings. The molecule has 0 amide bonds. The molecule has 0 aliphatic heterocycles. The Morgan fingerprint density at radius 1 is 1.12 bits per heavy atom. The Balaban J connectivity index is 1.65. The number of nitrogens with one attached hydrogen (secondary N) is 1. The maximum atomic E-state index is 5.32. The Morgan fingerprint density at radius 2 is 1.96 bits per heavy atom. The van der Waals surface area contributed by atoms with Crippen molar-refractivity contribution in [2.24, 2.45) is 0 Å². The van der Waals surface area contributed by atoms with Crippen LogP contribution in [0, 0.1) is 0 Å². The van der Waals surface area contributed by atoms with Crippen molar-refractivity contribution >= 4 is 15.9 Å². The minimum Gasteiger partial charge on any atom is -0.497 e. The standard InChI is InChI=1S/C19H20BrN3O/c1-24-17-7-8-18(20)16(11-17)14-23-10-9-22-19(23)13-21-12-15-5-3-2-4-6-15/h2-11,21H,12-14H2,1H3. The van der Waals surface area contributed by atoms with Crippen LogP contribution < -0.4 is 10.1 Å². The predicted molar refractivity (Wildman–Crippen MR) is 99.0 cm³/mol. The molecule has 2 aromatic carbocycles. The Kier molecular flexibility index (Phi) is 5.67. The van der Waals surface area contributed by atoms with E-state index in [0.717, 1.165) is 41.2 Å². The third-order valence-electron chi connectivity index (χ3n) is 3.85. The van der Waals surface area contributed by atoms with Gasteiger partial charge in [-0.15, -0.1) is 0 Å². The van der Waals surface area contributed by atoms with Crippen molar-refractivity contribution in [2.75, 3.05) is 7.11 Å². The average Bonchev–Trinajstić information content (AvgIpc) is 3.05. The lowest BCUT2D eigenvalue weighted by molar-refractivity contribution is 0.414. The molecule has 4 nitrogen and oxygen atoms in total. The molecule has 0 bridgehead atoms. The molecule has 0 aliphatic carbocycles. The zero-order valence-corrected chi connectivity index (χ0v) is 15.2. The topological polar surface area (TPSA) is 39.1 Å². The van der Waals surface area contributed by atoms with E-state index in [1.165, 1.54) is 5.56 Å². The summed E-state index contributed by atoms with van der Waals surface area (Å²) in [5.74, 6) is 1.87. The number of rotatable bonds is 7. The van der Waals surface area contributed by atoms with Gasteiger partial charge in [0.1, 0.15) is 11.6 Å². The first-order valence-electron chi connectivity index (χ1n) is 7.83. The van der Waals surface area contributed by atoms with Crippen molar-refractivity contribution in [2.45, 2.75) is 19.6 Å². The number of nitrogens with zero attached hydrogens (tertiary/aromatic N) is 2. The second-order valence-corrected chi connectivity index (χ2v) is 6.37. The summed E-state index contributed by atoms with van der Waals surface area (Å²) < 4.78 is 8.54. The van der Waals surface area contributed by atoms with Crippen LogP contribution in [0.2, 0.25) is 0 Å². The summed E-state index contributed by atoms with van der Waals surface area (Å²) in [5, 5.41) is 3.45. The van der Waals surface area contributed by atoms with Gasteiger partial charge >= 0.3 is 0 Å². The van der Waals surface area contributed by atoms with E-state index in [1.807, 2.05) is 36.7 Å². The molecule has 5 heteroatoms. The highest BCUT2D eigenvalue weighted by molar-refractivity contribution is 9.10. The summed E-state index contributed by atoms with van der Waals surface area (Å²) in [4.78, 5) is 4.47. The third kappa shape index (κ3) is 4.24. The first-order valence-corrected chi connectivity index (χ1v) is 8.62. The first kappa shape index (κ1) is 16.7. The van der Waals surface area contributed by atoms with E-state index in [4.69, 9.17) is 4.74 Å². The molecule has 24 heavy (non-hydrogen) atoms. The molecule has 3 aromatic rings. The van der Waals surface area contributed by atoms with Gasteiger partial charge in [0.25, 0.3) is 0 Å². The van der Waals surface area contributed by atoms with Crippen LogP contribution in [0.3, 0.4) is 0 Å². The Labute approximate surface area is 150 Å². The summed E-state index contributed by atoms with van der Waals surface area (Å²) >= 11 is 3.61. The van der Waals surface area contributed by atoms with E-state index in [2.05, 4.69) is 55.1 Å². The molecular formula is C19H20BrN3O. The van der Waals surface area contributed by atoms with Gasteiger partial charge in [0.2, 0.25) is 0 Å². The fraction of sp³-hybridized carbons (Fsp3) is 0.211. The summed E-state index contributed by atoms with van der Waals surface area (Å²) in [5.41, 5.74) is 2.43. The van der Waals surface area contributed by atoms with Crippen molar-refractivity contribution in [3.05, 3.63) is 82.3 Å². The van der Waals surface area contributed by atoms with Gasteiger partial charge in [-0.05, 0) is 29.3 Å². The summed E-state index contributed by atoms with van der Waals surface area (Å²) in [6.07, 6.45) is 3.85. The number of benzene rings is 2. The number of aromatic nitrogens is 2. The predicted octanol–water partition coefficient (Wildman–Crippen LogP) is 3.99. The molecule has 0 atom stereocenters. The van der Waals surface area contributed by atoms with Gasteiger partial charge in [-0.2, -0.15) is 0 Å². The highest BCUT2D eigenvalue weighted by Crippen LogP contribution is 2.23. The molecule has 0 unspecified atom stereocenters. The lowest BCUT2D eigenvalue weighted by Gasteiger charge is -2.11. The molecule has 1 aromatic heterocycles. The molecule has 0 saturated heterocycles. The maximum Gasteiger partial charge on any atom is 0.122 e. The van der Waals surface area contributed by atoms with Crippen molar-refractivity contribution < 1.29 is 4.74 Å². The zero-order valence-electron chi connectivity index (χ0n) is 13.6. The van der Waals surface area contributed by atoms with Gasteiger partial charge in [0.15, 0.2) is 0 Å². The van der Waals surface area contributed by atoms with Crippen molar-refractivity contribution in [1.29, 1.82) is 0 Å². The van der Waals surface area contributed by atoms with E-state index < -0.39 is 0 Å². The second kappa shape index (κ2) is 8.13. The SMILES string of the molecule is COc1ccc(Br)c(Cn2ccnc2CNCc2ccccc2)c1. The van der Waals surface area contributed by atoms with E-state index in [-0.39, 0.29) is 0 Å². The van der Waals surface area contributed by atoms with Crippen LogP contribution >= 0.6 is 15.9 Å². The van der Waals surface area contributed by atoms with E-state index in [9.17, 15) is 0 Å². The third-order valence-corrected chi connectivity index (χ3v) is 4.62. The smallest absolute Gasteiger partial charge is 0.122 e. The van der Waals surface area contributed by atoms with Crippen LogP contribution in [-0.2, 0) is 19.6 Å². The van der Waals surface area contributed by atoms with Gasteiger partial charge in [0.05, 0.1) is 20.2 Å². The van der Waals surface area contributed by atoms with Crippen molar-refractivity contribution in [1.82, 2.24) is 14.9 Å². The van der Waals surface area contributed by atoms with Crippen LogP contribution in [-0.4, -0.2) is 16.7 Å². The van der Waals surface area contributed by atoms with Crippen LogP contribution in [0.25, 0.3) is 0 Å². The van der Waals surface area contributed by atoms with Gasteiger partial charge < -0.3 is 14.6 Å². The van der Waals surface area contributed by atoms with Gasteiger partial charge in [-0.3, -0.25) is 0 Å². The molecule has 0 saturated carbocycles. The number of ether oxygens (including phenoxy) is 1. The van der Waals surface area contributed by atoms with Crippen molar-refractivity contribution in [3.8, 4) is 5.75 Å². The fourth-order valence-corrected chi connectivity index (χ4v) is 2.92. The zero-order chi connectivity index (χ0) is 16.8. The van der Waals surface area contributed by atoms with E-state index in [1.54, 1.807) is 7.11 Å². The largest absolute Gasteiger partial charge is 0.497 e. The van der Waals surface area contributed by atoms with E-state index >= 15 is 0 Å². The molecule has 0 spiro atoms. The van der Waals surface area contributed by atoms with Crippen LogP contribution in [0.1, 0.15) is 17.0 Å². The lowest BCUT2D eigenvalue weighted by atomic mass is 10.2. The monoisotopic (exact) mass is 385 g/mol. The van der Waals surface area contributed by atoms with E-state index in [0.29, 0.717) is 0 Å². The number of hydrogen-bond acceptors (Lipinski definition) is 3. The molecule has 1 N–H and O–H groups in total. The van der Waals surface area contributed by atoms with Crippen LogP contribution in [0.15, 0.2) is 65.4 Å². The Hall–Kier alpha value is -2.11. The molecule has 124 valence electrons. The van der Waals surface area contributed by atoms with Crippen LogP contribution in [0.4, 0.5) is 0 Å². The van der Waals surface area contributed by atoms with Gasteiger partial charge in [-0.25, -0.2) is 4.98 Å². The second-order valence-electron chi connectivity index (χ2n) is 5.52. The Morgan fingerprint density at radius 3 is 2.75 bits per heavy atom. The highest BCUT2D eigenvalue weighted by atomic mass is 79.9. The quantitative estimate of drug-likeness (QED) is 0.668. The van der Waals surface area contributed by atoms with Crippen LogP contribution in [0.5, 0.6) is 5.75 Å². The van der Waals surface area contributed by atoms with Gasteiger partial charge in [-0.1, -0.05) is 46.3 Å². The highest BCUT2D eigenvalue weighted by Gasteiger charge is 2.07. The summed E-state index contributed by atoms with van der Waals surface area (Å²) in [6, 6.07) is 16.4. The number of hydrogen-bond donors (Lipinski definition) is 1. The molecule has 1 heterocycles.